The topological polar surface area (TPSA) is 56.3 Å². The highest BCUT2D eigenvalue weighted by molar-refractivity contribution is 5.99. The van der Waals surface area contributed by atoms with E-state index in [0.29, 0.717) is 5.56 Å². The molecule has 0 atom stereocenters. The summed E-state index contributed by atoms with van der Waals surface area (Å²) in [6.45, 7) is 0. The first-order valence-corrected chi connectivity index (χ1v) is 7.20. The highest BCUT2D eigenvalue weighted by Gasteiger charge is 2.21. The molecule has 2 aromatic carbocycles. The molecule has 4 nitrogen and oxygen atoms in total. The van der Waals surface area contributed by atoms with Crippen LogP contribution in [0, 0.1) is 10.1 Å². The zero-order valence-corrected chi connectivity index (χ0v) is 11.8. The number of benzene rings is 2. The first-order valence-electron chi connectivity index (χ1n) is 7.20. The molecule has 1 aromatic heterocycles. The van der Waals surface area contributed by atoms with Gasteiger partial charge >= 0.3 is 0 Å². The lowest BCUT2D eigenvalue weighted by atomic mass is 9.98. The largest absolute Gasteiger partial charge is 0.460 e. The van der Waals surface area contributed by atoms with Gasteiger partial charge in [-0.3, -0.25) is 10.1 Å². The van der Waals surface area contributed by atoms with Crippen molar-refractivity contribution in [2.75, 3.05) is 0 Å². The monoisotopic (exact) mass is 291 g/mol. The van der Waals surface area contributed by atoms with E-state index in [9.17, 15) is 10.1 Å². The Morgan fingerprint density at radius 3 is 2.73 bits per heavy atom. The van der Waals surface area contributed by atoms with Gasteiger partial charge in [-0.1, -0.05) is 42.5 Å². The summed E-state index contributed by atoms with van der Waals surface area (Å²) in [6.07, 6.45) is 6.05. The molecule has 1 aliphatic carbocycles. The number of nitro benzene ring substituents is 1. The third kappa shape index (κ3) is 1.84. The SMILES string of the molecule is O=[N+]([O-])c1ccccc1-c1cccc2c3c(oc12)CCC=C3. The number of nitro groups is 1. The lowest BCUT2D eigenvalue weighted by Crippen LogP contribution is -1.91. The quantitative estimate of drug-likeness (QED) is 0.495. The molecular formula is C18H13NO3. The van der Waals surface area contributed by atoms with Crippen LogP contribution in [0.4, 0.5) is 5.69 Å². The zero-order valence-electron chi connectivity index (χ0n) is 11.8. The highest BCUT2D eigenvalue weighted by Crippen LogP contribution is 2.39. The standard InChI is InChI=1S/C18H13NO3/c20-19(21)16-10-3-1-6-12(16)14-8-5-9-15-13-7-2-4-11-17(13)22-18(14)15/h1-3,5-10H,4,11H2. The Hall–Kier alpha value is -2.88. The smallest absolute Gasteiger partial charge is 0.277 e. The van der Waals surface area contributed by atoms with Crippen LogP contribution < -0.4 is 0 Å². The van der Waals surface area contributed by atoms with Crippen LogP contribution in [0.1, 0.15) is 17.7 Å². The summed E-state index contributed by atoms with van der Waals surface area (Å²) in [5.41, 5.74) is 3.29. The first-order chi connectivity index (χ1) is 10.8. The van der Waals surface area contributed by atoms with Gasteiger partial charge in [0, 0.05) is 29.0 Å². The number of aryl methyl sites for hydroxylation is 1. The molecule has 108 valence electrons. The molecule has 4 rings (SSSR count). The van der Waals surface area contributed by atoms with Crippen molar-refractivity contribution in [3.05, 3.63) is 70.0 Å². The van der Waals surface area contributed by atoms with Crippen molar-refractivity contribution in [3.63, 3.8) is 0 Å². The van der Waals surface area contributed by atoms with E-state index in [2.05, 4.69) is 12.2 Å². The molecule has 0 amide bonds. The Bertz CT molecular complexity index is 921. The van der Waals surface area contributed by atoms with E-state index >= 15 is 0 Å². The average molecular weight is 291 g/mol. The number of hydrogen-bond donors (Lipinski definition) is 0. The zero-order chi connectivity index (χ0) is 15.1. The molecule has 22 heavy (non-hydrogen) atoms. The van der Waals surface area contributed by atoms with Crippen LogP contribution >= 0.6 is 0 Å². The second kappa shape index (κ2) is 4.84. The Balaban J connectivity index is 2.03. The molecule has 3 aromatic rings. The highest BCUT2D eigenvalue weighted by atomic mass is 16.6. The number of rotatable bonds is 2. The van der Waals surface area contributed by atoms with Crippen molar-refractivity contribution < 1.29 is 9.34 Å². The second-order valence-corrected chi connectivity index (χ2v) is 5.34. The van der Waals surface area contributed by atoms with E-state index in [-0.39, 0.29) is 10.6 Å². The van der Waals surface area contributed by atoms with Gasteiger partial charge in [0.05, 0.1) is 10.5 Å². The fraction of sp³-hybridized carbons (Fsp3) is 0.111. The van der Waals surface area contributed by atoms with Gasteiger partial charge in [0.1, 0.15) is 11.3 Å². The summed E-state index contributed by atoms with van der Waals surface area (Å²) in [7, 11) is 0. The van der Waals surface area contributed by atoms with Gasteiger partial charge in [-0.2, -0.15) is 0 Å². The maximum atomic E-state index is 11.3. The lowest BCUT2D eigenvalue weighted by molar-refractivity contribution is -0.384. The fourth-order valence-electron chi connectivity index (χ4n) is 3.04. The van der Waals surface area contributed by atoms with E-state index < -0.39 is 0 Å². The number of hydrogen-bond acceptors (Lipinski definition) is 3. The third-order valence-electron chi connectivity index (χ3n) is 4.04. The van der Waals surface area contributed by atoms with E-state index in [0.717, 1.165) is 40.7 Å². The van der Waals surface area contributed by atoms with Crippen molar-refractivity contribution in [3.8, 4) is 11.1 Å². The fourth-order valence-corrected chi connectivity index (χ4v) is 3.04. The normalized spacial score (nSPS) is 13.3. The molecule has 0 saturated carbocycles. The maximum absolute atomic E-state index is 11.3. The molecule has 0 N–H and O–H groups in total. The van der Waals surface area contributed by atoms with Crippen LogP contribution in [-0.4, -0.2) is 4.92 Å². The minimum atomic E-state index is -0.350. The number of fused-ring (bicyclic) bond motifs is 3. The van der Waals surface area contributed by atoms with Crippen molar-refractivity contribution in [1.29, 1.82) is 0 Å². The molecule has 0 fully saturated rings. The van der Waals surface area contributed by atoms with Crippen LogP contribution in [0.2, 0.25) is 0 Å². The molecular weight excluding hydrogens is 278 g/mol. The van der Waals surface area contributed by atoms with Gasteiger partial charge in [0.2, 0.25) is 0 Å². The molecule has 1 heterocycles. The molecule has 0 unspecified atom stereocenters. The summed E-state index contributed by atoms with van der Waals surface area (Å²) < 4.78 is 6.04. The lowest BCUT2D eigenvalue weighted by Gasteiger charge is -2.03. The van der Waals surface area contributed by atoms with Gasteiger partial charge in [0.15, 0.2) is 0 Å². The van der Waals surface area contributed by atoms with Crippen molar-refractivity contribution in [1.82, 2.24) is 0 Å². The van der Waals surface area contributed by atoms with Gasteiger partial charge in [0.25, 0.3) is 5.69 Å². The Kier molecular flexibility index (Phi) is 2.82. The molecule has 0 radical (unpaired) electrons. The van der Waals surface area contributed by atoms with E-state index in [1.54, 1.807) is 12.1 Å². The van der Waals surface area contributed by atoms with E-state index in [1.165, 1.54) is 6.07 Å². The van der Waals surface area contributed by atoms with Gasteiger partial charge in [-0.05, 0) is 12.5 Å². The minimum Gasteiger partial charge on any atom is -0.460 e. The predicted octanol–water partition coefficient (Wildman–Crippen LogP) is 4.97. The molecule has 0 saturated heterocycles. The van der Waals surface area contributed by atoms with Crippen LogP contribution in [0.25, 0.3) is 28.2 Å². The predicted molar refractivity (Wildman–Crippen MR) is 85.7 cm³/mol. The summed E-state index contributed by atoms with van der Waals surface area (Å²) in [6, 6.07) is 12.6. The van der Waals surface area contributed by atoms with Crippen LogP contribution in [0.3, 0.4) is 0 Å². The summed E-state index contributed by atoms with van der Waals surface area (Å²) in [5, 5.41) is 12.3. The Labute approximate surface area is 126 Å². The second-order valence-electron chi connectivity index (χ2n) is 5.34. The van der Waals surface area contributed by atoms with E-state index in [4.69, 9.17) is 4.42 Å². The Morgan fingerprint density at radius 2 is 1.86 bits per heavy atom. The van der Waals surface area contributed by atoms with Crippen LogP contribution in [-0.2, 0) is 6.42 Å². The third-order valence-corrected chi connectivity index (χ3v) is 4.04. The summed E-state index contributed by atoms with van der Waals surface area (Å²) >= 11 is 0. The molecule has 0 aliphatic heterocycles. The Morgan fingerprint density at radius 1 is 1.05 bits per heavy atom. The van der Waals surface area contributed by atoms with Gasteiger partial charge < -0.3 is 4.42 Å². The number of nitrogens with zero attached hydrogens (tertiary/aromatic N) is 1. The van der Waals surface area contributed by atoms with Crippen LogP contribution in [0.5, 0.6) is 0 Å². The number of allylic oxidation sites excluding steroid dienone is 1. The van der Waals surface area contributed by atoms with Gasteiger partial charge in [-0.15, -0.1) is 0 Å². The van der Waals surface area contributed by atoms with Gasteiger partial charge in [-0.25, -0.2) is 0 Å². The molecule has 0 bridgehead atoms. The number of para-hydroxylation sites is 2. The maximum Gasteiger partial charge on any atom is 0.277 e. The van der Waals surface area contributed by atoms with Crippen molar-refractivity contribution in [2.45, 2.75) is 12.8 Å². The van der Waals surface area contributed by atoms with Crippen molar-refractivity contribution in [2.24, 2.45) is 0 Å². The molecule has 0 spiro atoms. The molecule has 4 heteroatoms. The minimum absolute atomic E-state index is 0.0971. The van der Waals surface area contributed by atoms with Crippen LogP contribution in [0.15, 0.2) is 53.0 Å². The number of furan rings is 1. The first kappa shape index (κ1) is 12.8. The van der Waals surface area contributed by atoms with Crippen molar-refractivity contribution >= 4 is 22.7 Å². The summed E-state index contributed by atoms with van der Waals surface area (Å²) in [4.78, 5) is 10.9. The average Bonchev–Trinajstić information content (AvgIpc) is 2.93. The molecule has 1 aliphatic rings. The summed E-state index contributed by atoms with van der Waals surface area (Å²) in [5.74, 6) is 0.962. The van der Waals surface area contributed by atoms with E-state index in [1.807, 2.05) is 24.3 Å².